The minimum absolute atomic E-state index is 0.198. The van der Waals surface area contributed by atoms with Crippen LogP contribution in [-0.2, 0) is 0 Å². The maximum Gasteiger partial charge on any atom is 0.261 e. The van der Waals surface area contributed by atoms with Crippen molar-refractivity contribution in [2.75, 3.05) is 11.9 Å². The van der Waals surface area contributed by atoms with Gasteiger partial charge in [0.25, 0.3) is 11.8 Å². The summed E-state index contributed by atoms with van der Waals surface area (Å²) in [5, 5.41) is 10.1. The first kappa shape index (κ1) is 19.6. The van der Waals surface area contributed by atoms with Crippen LogP contribution in [0, 0.1) is 13.8 Å². The zero-order valence-electron chi connectivity index (χ0n) is 15.8. The molecule has 0 aliphatic heterocycles. The Morgan fingerprint density at radius 1 is 1.11 bits per heavy atom. The van der Waals surface area contributed by atoms with Gasteiger partial charge in [-0.15, -0.1) is 0 Å². The van der Waals surface area contributed by atoms with Crippen LogP contribution < -0.4 is 10.6 Å². The Hall–Kier alpha value is -3.12. The van der Waals surface area contributed by atoms with Crippen LogP contribution in [0.2, 0.25) is 5.02 Å². The molecule has 1 heterocycles. The predicted octanol–water partition coefficient (Wildman–Crippen LogP) is 4.61. The first-order valence-electron chi connectivity index (χ1n) is 8.83. The van der Waals surface area contributed by atoms with Crippen molar-refractivity contribution in [1.82, 2.24) is 10.5 Å². The van der Waals surface area contributed by atoms with Crippen LogP contribution in [0.15, 0.2) is 47.0 Å². The molecule has 1 aromatic heterocycles. The Bertz CT molecular complexity index is 1040. The van der Waals surface area contributed by atoms with Crippen LogP contribution in [0.3, 0.4) is 0 Å². The van der Waals surface area contributed by atoms with Crippen LogP contribution in [0.1, 0.15) is 39.0 Å². The van der Waals surface area contributed by atoms with Crippen molar-refractivity contribution in [3.63, 3.8) is 0 Å². The molecule has 0 spiro atoms. The molecule has 0 aliphatic carbocycles. The molecule has 6 nitrogen and oxygen atoms in total. The largest absolute Gasteiger partial charge is 0.360 e. The summed E-state index contributed by atoms with van der Waals surface area (Å²) in [6.07, 6.45) is 0. The fourth-order valence-electron chi connectivity index (χ4n) is 2.82. The lowest BCUT2D eigenvalue weighted by Crippen LogP contribution is -2.23. The first-order chi connectivity index (χ1) is 13.4. The van der Waals surface area contributed by atoms with E-state index in [4.69, 9.17) is 16.1 Å². The van der Waals surface area contributed by atoms with Crippen molar-refractivity contribution in [1.29, 1.82) is 0 Å². The number of anilines is 1. The summed E-state index contributed by atoms with van der Waals surface area (Å²) < 4.78 is 5.25. The third kappa shape index (κ3) is 3.92. The molecule has 0 fully saturated rings. The fourth-order valence-corrected chi connectivity index (χ4v) is 3.05. The lowest BCUT2D eigenvalue weighted by Gasteiger charge is -2.11. The molecule has 0 aliphatic rings. The van der Waals surface area contributed by atoms with E-state index >= 15 is 0 Å². The molecular formula is C21H20ClN3O3. The number of rotatable bonds is 5. The zero-order chi connectivity index (χ0) is 20.3. The Kier molecular flexibility index (Phi) is 5.80. The van der Waals surface area contributed by atoms with E-state index in [1.54, 1.807) is 43.3 Å². The quantitative estimate of drug-likeness (QED) is 0.658. The summed E-state index contributed by atoms with van der Waals surface area (Å²) in [6, 6.07) is 12.3. The van der Waals surface area contributed by atoms with Gasteiger partial charge in [-0.1, -0.05) is 41.0 Å². The molecule has 3 aromatic rings. The van der Waals surface area contributed by atoms with Crippen LogP contribution >= 0.6 is 11.6 Å². The summed E-state index contributed by atoms with van der Waals surface area (Å²) in [6.45, 7) is 5.89. The van der Waals surface area contributed by atoms with Crippen LogP contribution in [0.25, 0.3) is 11.3 Å². The molecule has 0 bridgehead atoms. The Morgan fingerprint density at radius 3 is 2.57 bits per heavy atom. The van der Waals surface area contributed by atoms with Gasteiger partial charge in [0, 0.05) is 23.4 Å². The zero-order valence-corrected chi connectivity index (χ0v) is 16.6. The van der Waals surface area contributed by atoms with Gasteiger partial charge in [0.2, 0.25) is 0 Å². The van der Waals surface area contributed by atoms with Gasteiger partial charge >= 0.3 is 0 Å². The second-order valence-electron chi connectivity index (χ2n) is 6.29. The van der Waals surface area contributed by atoms with Gasteiger partial charge in [0.15, 0.2) is 0 Å². The molecule has 2 aromatic carbocycles. The third-order valence-electron chi connectivity index (χ3n) is 4.30. The van der Waals surface area contributed by atoms with Crippen LogP contribution in [0.5, 0.6) is 0 Å². The topological polar surface area (TPSA) is 84.2 Å². The van der Waals surface area contributed by atoms with E-state index in [1.807, 2.05) is 19.9 Å². The molecule has 28 heavy (non-hydrogen) atoms. The number of benzene rings is 2. The summed E-state index contributed by atoms with van der Waals surface area (Å²) in [4.78, 5) is 25.1. The predicted molar refractivity (Wildman–Crippen MR) is 109 cm³/mol. The van der Waals surface area contributed by atoms with Crippen molar-refractivity contribution in [2.45, 2.75) is 20.8 Å². The summed E-state index contributed by atoms with van der Waals surface area (Å²) >= 11 is 6.26. The number of nitrogens with zero attached hydrogens (tertiary/aromatic N) is 1. The molecular weight excluding hydrogens is 378 g/mol. The van der Waals surface area contributed by atoms with Gasteiger partial charge in [-0.05, 0) is 44.5 Å². The number of aromatic nitrogens is 1. The third-order valence-corrected chi connectivity index (χ3v) is 4.63. The molecule has 7 heteroatoms. The maximum absolute atomic E-state index is 13.0. The molecule has 0 saturated heterocycles. The van der Waals surface area contributed by atoms with Crippen molar-refractivity contribution in [3.8, 4) is 11.3 Å². The van der Waals surface area contributed by atoms with Crippen molar-refractivity contribution < 1.29 is 14.1 Å². The summed E-state index contributed by atoms with van der Waals surface area (Å²) in [7, 11) is 0. The van der Waals surface area contributed by atoms with Gasteiger partial charge in [-0.2, -0.15) is 0 Å². The molecule has 0 unspecified atom stereocenters. The van der Waals surface area contributed by atoms with Crippen LogP contribution in [-0.4, -0.2) is 23.5 Å². The molecule has 144 valence electrons. The first-order valence-corrected chi connectivity index (χ1v) is 9.21. The van der Waals surface area contributed by atoms with Gasteiger partial charge in [-0.25, -0.2) is 0 Å². The number of hydrogen-bond donors (Lipinski definition) is 2. The highest BCUT2D eigenvalue weighted by Crippen LogP contribution is 2.31. The number of halogens is 1. The minimum Gasteiger partial charge on any atom is -0.360 e. The highest BCUT2D eigenvalue weighted by atomic mass is 35.5. The lowest BCUT2D eigenvalue weighted by molar-refractivity contribution is 0.0954. The van der Waals surface area contributed by atoms with Crippen molar-refractivity contribution in [2.24, 2.45) is 0 Å². The number of amides is 2. The highest BCUT2D eigenvalue weighted by molar-refractivity contribution is 6.33. The van der Waals surface area contributed by atoms with Gasteiger partial charge in [0.1, 0.15) is 17.0 Å². The lowest BCUT2D eigenvalue weighted by atomic mass is 10.0. The van der Waals surface area contributed by atoms with Crippen molar-refractivity contribution >= 4 is 29.1 Å². The Balaban J connectivity index is 1.95. The van der Waals surface area contributed by atoms with Crippen LogP contribution in [0.4, 0.5) is 5.69 Å². The average molecular weight is 398 g/mol. The second kappa shape index (κ2) is 8.27. The smallest absolute Gasteiger partial charge is 0.261 e. The molecule has 2 N–H and O–H groups in total. The van der Waals surface area contributed by atoms with Gasteiger partial charge < -0.3 is 15.2 Å². The standard InChI is InChI=1S/C21H20ClN3O3/c1-4-23-20(26)14-10-9-12(2)17(11-14)24-21(27)18-13(3)28-25-19(18)15-7-5-6-8-16(15)22/h5-11H,4H2,1-3H3,(H,23,26)(H,24,27). The van der Waals surface area contributed by atoms with E-state index in [9.17, 15) is 9.59 Å². The SMILES string of the molecule is CCNC(=O)c1ccc(C)c(NC(=O)c2c(-c3ccccc3Cl)noc2C)c1. The molecule has 3 rings (SSSR count). The Labute approximate surface area is 167 Å². The number of carbonyl (C=O) groups is 2. The van der Waals surface area contributed by atoms with E-state index < -0.39 is 0 Å². The maximum atomic E-state index is 13.0. The normalized spacial score (nSPS) is 10.6. The Morgan fingerprint density at radius 2 is 1.86 bits per heavy atom. The molecule has 2 amide bonds. The number of carbonyl (C=O) groups excluding carboxylic acids is 2. The number of aryl methyl sites for hydroxylation is 2. The van der Waals surface area contributed by atoms with E-state index in [0.717, 1.165) is 5.56 Å². The molecule has 0 saturated carbocycles. The van der Waals surface area contributed by atoms with E-state index in [0.29, 0.717) is 45.4 Å². The summed E-state index contributed by atoms with van der Waals surface area (Å²) in [5.74, 6) is -0.203. The minimum atomic E-state index is -0.384. The van der Waals surface area contributed by atoms with E-state index in [2.05, 4.69) is 15.8 Å². The molecule has 0 atom stereocenters. The second-order valence-corrected chi connectivity index (χ2v) is 6.69. The van der Waals surface area contributed by atoms with E-state index in [1.165, 1.54) is 0 Å². The monoisotopic (exact) mass is 397 g/mol. The van der Waals surface area contributed by atoms with Gasteiger partial charge in [-0.3, -0.25) is 9.59 Å². The number of hydrogen-bond acceptors (Lipinski definition) is 4. The number of nitrogens with one attached hydrogen (secondary N) is 2. The summed E-state index contributed by atoms with van der Waals surface area (Å²) in [5.41, 5.74) is 3.12. The average Bonchev–Trinajstić information content (AvgIpc) is 3.05. The van der Waals surface area contributed by atoms with E-state index in [-0.39, 0.29) is 11.8 Å². The van der Waals surface area contributed by atoms with Gasteiger partial charge in [0.05, 0.1) is 5.02 Å². The highest BCUT2D eigenvalue weighted by Gasteiger charge is 2.23. The molecule has 0 radical (unpaired) electrons. The fraction of sp³-hybridized carbons (Fsp3) is 0.190. The van der Waals surface area contributed by atoms with Crippen molar-refractivity contribution in [3.05, 3.63) is 69.9 Å².